The van der Waals surface area contributed by atoms with Crippen LogP contribution in [0.4, 0.5) is 5.69 Å². The van der Waals surface area contributed by atoms with Gasteiger partial charge in [-0.3, -0.25) is 0 Å². The van der Waals surface area contributed by atoms with E-state index in [2.05, 4.69) is 61.6 Å². The Kier molecular flexibility index (Phi) is 3.64. The fourth-order valence-electron chi connectivity index (χ4n) is 2.72. The molecule has 2 nitrogen and oxygen atoms in total. The van der Waals surface area contributed by atoms with Crippen molar-refractivity contribution >= 4 is 5.69 Å². The maximum Gasteiger partial charge on any atom is 0.143 e. The minimum atomic E-state index is 0.0572. The summed E-state index contributed by atoms with van der Waals surface area (Å²) >= 11 is 0. The van der Waals surface area contributed by atoms with Gasteiger partial charge in [0.15, 0.2) is 0 Å². The largest absolute Gasteiger partial charge is 0.484 e. The normalized spacial score (nSPS) is 18.8. The summed E-state index contributed by atoms with van der Waals surface area (Å²) in [4.78, 5) is 0. The predicted molar refractivity (Wildman–Crippen MR) is 83.3 cm³/mol. The number of rotatable bonds is 3. The molecule has 1 aliphatic rings. The Labute approximate surface area is 120 Å². The lowest BCUT2D eigenvalue weighted by molar-refractivity contribution is 0.227. The van der Waals surface area contributed by atoms with Crippen molar-refractivity contribution in [2.24, 2.45) is 0 Å². The lowest BCUT2D eigenvalue weighted by Gasteiger charge is -2.27. The molecule has 2 unspecified atom stereocenters. The van der Waals surface area contributed by atoms with Crippen molar-refractivity contribution in [2.75, 3.05) is 5.32 Å². The fraction of sp³-hybridized carbons (Fsp3) is 0.333. The van der Waals surface area contributed by atoms with Gasteiger partial charge in [0, 0.05) is 6.04 Å². The molecule has 3 rings (SSSR count). The van der Waals surface area contributed by atoms with Crippen LogP contribution >= 0.6 is 0 Å². The van der Waals surface area contributed by atoms with Gasteiger partial charge in [-0.25, -0.2) is 0 Å². The average Bonchev–Trinajstić information content (AvgIpc) is 2.49. The van der Waals surface area contributed by atoms with Crippen LogP contribution in [0.3, 0.4) is 0 Å². The molecule has 20 heavy (non-hydrogen) atoms. The zero-order valence-corrected chi connectivity index (χ0v) is 12.1. The van der Waals surface area contributed by atoms with Gasteiger partial charge in [-0.1, -0.05) is 42.5 Å². The van der Waals surface area contributed by atoms with E-state index < -0.39 is 0 Å². The van der Waals surface area contributed by atoms with Crippen LogP contribution in [0, 0.1) is 0 Å². The summed E-state index contributed by atoms with van der Waals surface area (Å²) in [7, 11) is 0. The molecule has 104 valence electrons. The summed E-state index contributed by atoms with van der Waals surface area (Å²) in [5.74, 6) is 0.963. The van der Waals surface area contributed by atoms with Gasteiger partial charge in [-0.2, -0.15) is 0 Å². The molecule has 0 fully saturated rings. The average molecular weight is 267 g/mol. The van der Waals surface area contributed by atoms with E-state index in [-0.39, 0.29) is 6.10 Å². The molecule has 2 aromatic rings. The number of ether oxygens (including phenoxy) is 1. The Hall–Kier alpha value is -1.96. The molecule has 0 saturated heterocycles. The van der Waals surface area contributed by atoms with Crippen LogP contribution in [0.5, 0.6) is 5.75 Å². The van der Waals surface area contributed by atoms with E-state index in [1.54, 1.807) is 0 Å². The van der Waals surface area contributed by atoms with Crippen LogP contribution in [0.15, 0.2) is 48.5 Å². The number of para-hydroxylation sites is 1. The first-order chi connectivity index (χ1) is 9.74. The lowest BCUT2D eigenvalue weighted by atomic mass is 9.98. The van der Waals surface area contributed by atoms with E-state index in [1.807, 2.05) is 6.07 Å². The summed E-state index contributed by atoms with van der Waals surface area (Å²) in [6, 6.07) is 17.2. The molecule has 2 heteroatoms. The monoisotopic (exact) mass is 267 g/mol. The molecule has 0 bridgehead atoms. The number of hydrogen-bond acceptors (Lipinski definition) is 2. The first-order valence-corrected chi connectivity index (χ1v) is 7.34. The third-order valence-electron chi connectivity index (χ3n) is 3.92. The maximum atomic E-state index is 6.18. The number of hydrogen-bond donors (Lipinski definition) is 1. The second-order valence-electron chi connectivity index (χ2n) is 5.55. The van der Waals surface area contributed by atoms with Crippen LogP contribution in [-0.4, -0.2) is 6.04 Å². The molecular weight excluding hydrogens is 246 g/mol. The number of nitrogens with one attached hydrogen (secondary N) is 1. The summed E-state index contributed by atoms with van der Waals surface area (Å²) in [5, 5.41) is 3.56. The second kappa shape index (κ2) is 5.58. The zero-order chi connectivity index (χ0) is 13.9. The van der Waals surface area contributed by atoms with Crippen LogP contribution in [0.25, 0.3) is 0 Å². The van der Waals surface area contributed by atoms with Crippen LogP contribution < -0.4 is 10.1 Å². The van der Waals surface area contributed by atoms with Crippen LogP contribution in [0.1, 0.15) is 37.5 Å². The Morgan fingerprint density at radius 2 is 1.90 bits per heavy atom. The fourth-order valence-corrected chi connectivity index (χ4v) is 2.72. The smallest absolute Gasteiger partial charge is 0.143 e. The quantitative estimate of drug-likeness (QED) is 0.879. The summed E-state index contributed by atoms with van der Waals surface area (Å²) in [5.41, 5.74) is 3.74. The molecule has 0 saturated carbocycles. The number of anilines is 1. The van der Waals surface area contributed by atoms with Crippen molar-refractivity contribution in [3.05, 3.63) is 59.7 Å². The minimum Gasteiger partial charge on any atom is -0.484 e. The molecule has 2 atom stereocenters. The van der Waals surface area contributed by atoms with Crippen molar-refractivity contribution in [3.8, 4) is 5.75 Å². The standard InChI is InChI=1S/C18H21NO/c1-13-11-12-16-9-6-10-17(18(16)19-13)20-14(2)15-7-4-3-5-8-15/h3-10,13-14,19H,11-12H2,1-2H3. The van der Waals surface area contributed by atoms with Gasteiger partial charge in [0.2, 0.25) is 0 Å². The van der Waals surface area contributed by atoms with Gasteiger partial charge in [0.25, 0.3) is 0 Å². The SMILES string of the molecule is CC1CCc2cccc(OC(C)c3ccccc3)c2N1. The van der Waals surface area contributed by atoms with E-state index in [9.17, 15) is 0 Å². The molecule has 2 aromatic carbocycles. The second-order valence-corrected chi connectivity index (χ2v) is 5.55. The van der Waals surface area contributed by atoms with Gasteiger partial charge < -0.3 is 10.1 Å². The number of aryl methyl sites for hydroxylation is 1. The highest BCUT2D eigenvalue weighted by Gasteiger charge is 2.19. The summed E-state index contributed by atoms with van der Waals surface area (Å²) in [6.45, 7) is 4.32. The predicted octanol–water partition coefficient (Wildman–Crippen LogP) is 4.57. The van der Waals surface area contributed by atoms with E-state index in [1.165, 1.54) is 23.2 Å². The zero-order valence-electron chi connectivity index (χ0n) is 12.1. The molecule has 0 spiro atoms. The Balaban J connectivity index is 1.85. The maximum absolute atomic E-state index is 6.18. The topological polar surface area (TPSA) is 21.3 Å². The van der Waals surface area contributed by atoms with Crippen molar-refractivity contribution in [3.63, 3.8) is 0 Å². The highest BCUT2D eigenvalue weighted by Crippen LogP contribution is 2.36. The first-order valence-electron chi connectivity index (χ1n) is 7.34. The van der Waals surface area contributed by atoms with Crippen molar-refractivity contribution in [1.82, 2.24) is 0 Å². The Bertz CT molecular complexity index is 579. The van der Waals surface area contributed by atoms with Crippen molar-refractivity contribution < 1.29 is 4.74 Å². The molecule has 0 aromatic heterocycles. The van der Waals surface area contributed by atoms with E-state index in [4.69, 9.17) is 4.74 Å². The van der Waals surface area contributed by atoms with Crippen molar-refractivity contribution in [2.45, 2.75) is 38.8 Å². The highest BCUT2D eigenvalue weighted by molar-refractivity contribution is 5.64. The number of benzene rings is 2. The first kappa shape index (κ1) is 13.0. The molecule has 1 aliphatic heterocycles. The Morgan fingerprint density at radius 1 is 1.10 bits per heavy atom. The summed E-state index contributed by atoms with van der Waals surface area (Å²) < 4.78 is 6.18. The van der Waals surface area contributed by atoms with Crippen molar-refractivity contribution in [1.29, 1.82) is 0 Å². The molecular formula is C18H21NO. The highest BCUT2D eigenvalue weighted by atomic mass is 16.5. The minimum absolute atomic E-state index is 0.0572. The van der Waals surface area contributed by atoms with Gasteiger partial charge in [0.05, 0.1) is 5.69 Å². The Morgan fingerprint density at radius 3 is 2.70 bits per heavy atom. The van der Waals surface area contributed by atoms with Gasteiger partial charge in [-0.05, 0) is 43.9 Å². The van der Waals surface area contributed by atoms with Gasteiger partial charge >= 0.3 is 0 Å². The molecule has 0 radical (unpaired) electrons. The molecule has 1 N–H and O–H groups in total. The van der Waals surface area contributed by atoms with E-state index in [0.717, 1.165) is 12.2 Å². The third-order valence-corrected chi connectivity index (χ3v) is 3.92. The lowest BCUT2D eigenvalue weighted by Crippen LogP contribution is -2.22. The summed E-state index contributed by atoms with van der Waals surface area (Å²) in [6.07, 6.45) is 2.37. The van der Waals surface area contributed by atoms with E-state index >= 15 is 0 Å². The molecule has 0 aliphatic carbocycles. The molecule has 1 heterocycles. The van der Waals surface area contributed by atoms with Crippen LogP contribution in [0.2, 0.25) is 0 Å². The van der Waals surface area contributed by atoms with Gasteiger partial charge in [0.1, 0.15) is 11.9 Å². The van der Waals surface area contributed by atoms with E-state index in [0.29, 0.717) is 6.04 Å². The van der Waals surface area contributed by atoms with Gasteiger partial charge in [-0.15, -0.1) is 0 Å². The van der Waals surface area contributed by atoms with Crippen LogP contribution in [-0.2, 0) is 6.42 Å². The number of fused-ring (bicyclic) bond motifs is 1. The molecule has 0 amide bonds. The third kappa shape index (κ3) is 2.64.